The third-order valence-corrected chi connectivity index (χ3v) is 0.588. The predicted octanol–water partition coefficient (Wildman–Crippen LogP) is 1.72. The fourth-order valence-electron chi connectivity index (χ4n) is 0.245. The quantitative estimate of drug-likeness (QED) is 0.472. The van der Waals surface area contributed by atoms with Gasteiger partial charge in [0, 0.05) is 7.05 Å². The molecule has 0 rings (SSSR count). The Balaban J connectivity index is 2.97. The highest BCUT2D eigenvalue weighted by atomic mass is 15.1. The molecule has 7 heavy (non-hydrogen) atoms. The average Bonchev–Trinajstić information content (AvgIpc) is 1.61. The van der Waals surface area contributed by atoms with Gasteiger partial charge < -0.3 is 0 Å². The zero-order valence-corrected chi connectivity index (χ0v) is 5.18. The molecule has 0 radical (unpaired) electrons. The normalized spacial score (nSPS) is 11.4. The average molecular weight is 100 g/mol. The molecule has 0 aliphatic heterocycles. The lowest BCUT2D eigenvalue weighted by molar-refractivity contribution is 0.644. The molecule has 0 fully saturated rings. The van der Waals surface area contributed by atoms with E-state index in [0.29, 0.717) is 5.92 Å². The number of hydrogen-bond donors (Lipinski definition) is 0. The van der Waals surface area contributed by atoms with Crippen LogP contribution in [-0.2, 0) is 0 Å². The molecule has 0 spiro atoms. The predicted molar refractivity (Wildman–Crippen MR) is 30.5 cm³/mol. The van der Waals surface area contributed by atoms with E-state index in [4.69, 9.17) is 0 Å². The maximum absolute atomic E-state index is 3.80. The van der Waals surface area contributed by atoms with Gasteiger partial charge in [0.15, 0.2) is 0 Å². The Morgan fingerprint density at radius 3 is 2.14 bits per heavy atom. The minimum Gasteiger partial charge on any atom is -0.198 e. The van der Waals surface area contributed by atoms with E-state index in [-0.39, 0.29) is 0 Å². The molecule has 0 saturated carbocycles. The maximum Gasteiger partial charge on any atom is 0.0621 e. The topological polar surface area (TPSA) is 24.7 Å². The number of rotatable bonds is 2. The van der Waals surface area contributed by atoms with Crippen LogP contribution in [0.25, 0.3) is 0 Å². The summed E-state index contributed by atoms with van der Waals surface area (Å²) in [4.78, 5) is 0. The summed E-state index contributed by atoms with van der Waals surface area (Å²) in [5, 5.41) is 7.40. The van der Waals surface area contributed by atoms with Crippen molar-refractivity contribution in [1.82, 2.24) is 0 Å². The first-order valence-electron chi connectivity index (χ1n) is 2.53. The Labute approximate surface area is 44.6 Å². The van der Waals surface area contributed by atoms with E-state index in [1.165, 1.54) is 0 Å². The SMILES string of the molecule is CN=NCC(C)C. The number of azo groups is 1. The summed E-state index contributed by atoms with van der Waals surface area (Å²) in [5.74, 6) is 0.642. The van der Waals surface area contributed by atoms with Gasteiger partial charge in [0.1, 0.15) is 0 Å². The Morgan fingerprint density at radius 2 is 2.00 bits per heavy atom. The zero-order valence-electron chi connectivity index (χ0n) is 5.18. The van der Waals surface area contributed by atoms with Crippen LogP contribution < -0.4 is 0 Å². The van der Waals surface area contributed by atoms with Crippen molar-refractivity contribution in [3.8, 4) is 0 Å². The molecule has 0 bridgehead atoms. The Morgan fingerprint density at radius 1 is 1.43 bits per heavy atom. The van der Waals surface area contributed by atoms with E-state index < -0.39 is 0 Å². The molecule has 0 N–H and O–H groups in total. The van der Waals surface area contributed by atoms with E-state index in [1.807, 2.05) is 0 Å². The van der Waals surface area contributed by atoms with Crippen molar-refractivity contribution in [2.75, 3.05) is 13.6 Å². The van der Waals surface area contributed by atoms with Crippen molar-refractivity contribution in [2.45, 2.75) is 13.8 Å². The lowest BCUT2D eigenvalue weighted by Crippen LogP contribution is -1.89. The van der Waals surface area contributed by atoms with Gasteiger partial charge in [-0.3, -0.25) is 0 Å². The van der Waals surface area contributed by atoms with Gasteiger partial charge in [-0.25, -0.2) is 0 Å². The second-order valence-corrected chi connectivity index (χ2v) is 1.92. The highest BCUT2D eigenvalue weighted by Gasteiger charge is 1.85. The molecule has 0 aliphatic rings. The van der Waals surface area contributed by atoms with E-state index in [0.717, 1.165) is 6.54 Å². The Hall–Kier alpha value is -0.400. The summed E-state index contributed by atoms with van der Waals surface area (Å²) in [6.45, 7) is 5.10. The zero-order chi connectivity index (χ0) is 5.70. The van der Waals surface area contributed by atoms with Crippen LogP contribution in [-0.4, -0.2) is 13.6 Å². The highest BCUT2D eigenvalue weighted by Crippen LogP contribution is 1.90. The third kappa shape index (κ3) is 5.60. The summed E-state index contributed by atoms with van der Waals surface area (Å²) in [6, 6.07) is 0. The van der Waals surface area contributed by atoms with E-state index in [2.05, 4.69) is 24.1 Å². The molecule has 0 aromatic heterocycles. The van der Waals surface area contributed by atoms with Gasteiger partial charge in [-0.05, 0) is 5.92 Å². The molecule has 0 amide bonds. The van der Waals surface area contributed by atoms with Gasteiger partial charge in [0.2, 0.25) is 0 Å². The van der Waals surface area contributed by atoms with Crippen molar-refractivity contribution in [2.24, 2.45) is 16.1 Å². The molecule has 0 aliphatic carbocycles. The Kier molecular flexibility index (Phi) is 3.56. The summed E-state index contributed by atoms with van der Waals surface area (Å²) in [7, 11) is 1.70. The first kappa shape index (κ1) is 6.60. The van der Waals surface area contributed by atoms with Crippen LogP contribution in [0.3, 0.4) is 0 Å². The van der Waals surface area contributed by atoms with Crippen LogP contribution >= 0.6 is 0 Å². The standard InChI is InChI=1S/C5H12N2/c1-5(2)4-7-6-3/h5H,4H2,1-3H3. The first-order chi connectivity index (χ1) is 3.27. The molecule has 0 atom stereocenters. The highest BCUT2D eigenvalue weighted by molar-refractivity contribution is 4.42. The lowest BCUT2D eigenvalue weighted by Gasteiger charge is -1.92. The number of hydrogen-bond acceptors (Lipinski definition) is 2. The van der Waals surface area contributed by atoms with Crippen molar-refractivity contribution >= 4 is 0 Å². The first-order valence-corrected chi connectivity index (χ1v) is 2.53. The second-order valence-electron chi connectivity index (χ2n) is 1.92. The van der Waals surface area contributed by atoms with Gasteiger partial charge in [-0.1, -0.05) is 13.8 Å². The van der Waals surface area contributed by atoms with Crippen LogP contribution in [0.1, 0.15) is 13.8 Å². The van der Waals surface area contributed by atoms with E-state index >= 15 is 0 Å². The fraction of sp³-hybridized carbons (Fsp3) is 1.00. The molecule has 0 aromatic rings. The maximum atomic E-state index is 3.80. The summed E-state index contributed by atoms with van der Waals surface area (Å²) < 4.78 is 0. The second kappa shape index (κ2) is 3.78. The summed E-state index contributed by atoms with van der Waals surface area (Å²) in [6.07, 6.45) is 0. The molecule has 0 unspecified atom stereocenters. The summed E-state index contributed by atoms with van der Waals surface area (Å²) in [5.41, 5.74) is 0. The van der Waals surface area contributed by atoms with E-state index in [9.17, 15) is 0 Å². The molecule has 0 aromatic carbocycles. The Bertz CT molecular complexity index is 57.1. The van der Waals surface area contributed by atoms with Crippen LogP contribution in [0, 0.1) is 5.92 Å². The van der Waals surface area contributed by atoms with Gasteiger partial charge in [0.05, 0.1) is 6.54 Å². The van der Waals surface area contributed by atoms with Crippen molar-refractivity contribution in [1.29, 1.82) is 0 Å². The van der Waals surface area contributed by atoms with Gasteiger partial charge >= 0.3 is 0 Å². The fourth-order valence-corrected chi connectivity index (χ4v) is 0.245. The molecule has 0 heterocycles. The van der Waals surface area contributed by atoms with Crippen molar-refractivity contribution in [3.63, 3.8) is 0 Å². The van der Waals surface area contributed by atoms with Crippen LogP contribution in [0.5, 0.6) is 0 Å². The number of nitrogens with zero attached hydrogens (tertiary/aromatic N) is 2. The van der Waals surface area contributed by atoms with Crippen LogP contribution in [0.15, 0.2) is 10.2 Å². The molecular formula is C5H12N2. The monoisotopic (exact) mass is 100 g/mol. The molecule has 0 saturated heterocycles. The van der Waals surface area contributed by atoms with Gasteiger partial charge in [0.25, 0.3) is 0 Å². The van der Waals surface area contributed by atoms with Crippen molar-refractivity contribution in [3.05, 3.63) is 0 Å². The molecule has 2 nitrogen and oxygen atoms in total. The van der Waals surface area contributed by atoms with Crippen molar-refractivity contribution < 1.29 is 0 Å². The van der Waals surface area contributed by atoms with Gasteiger partial charge in [-0.2, -0.15) is 10.2 Å². The minimum absolute atomic E-state index is 0.642. The summed E-state index contributed by atoms with van der Waals surface area (Å²) >= 11 is 0. The molecular weight excluding hydrogens is 88.1 g/mol. The molecule has 2 heteroatoms. The minimum atomic E-state index is 0.642. The van der Waals surface area contributed by atoms with Crippen LogP contribution in [0.4, 0.5) is 0 Å². The van der Waals surface area contributed by atoms with E-state index in [1.54, 1.807) is 7.05 Å². The smallest absolute Gasteiger partial charge is 0.0621 e. The van der Waals surface area contributed by atoms with Crippen LogP contribution in [0.2, 0.25) is 0 Å². The largest absolute Gasteiger partial charge is 0.198 e. The third-order valence-electron chi connectivity index (χ3n) is 0.588. The lowest BCUT2D eigenvalue weighted by atomic mass is 10.2. The van der Waals surface area contributed by atoms with Gasteiger partial charge in [-0.15, -0.1) is 0 Å². The molecule has 42 valence electrons.